The Kier molecular flexibility index (Phi) is 6.89. The maximum absolute atomic E-state index is 13.4. The number of benzene rings is 1. The van der Waals surface area contributed by atoms with Crippen LogP contribution in [0.3, 0.4) is 0 Å². The standard InChI is InChI=1S/C28H30FN5O2S/c29-19-10-13-34(14-11-19)27-8-5-18(17-31-27)24-15-21(9-12-30-24)36-20-6-7-23-26(16-20)37-28(33-23)32-22-3-1-2-4-25(22)35/h5-9,12,15-17,19,22,25,35H,1-4,10-11,13-14H2,(H,32,33)/t22-,25-/m1/s1. The maximum Gasteiger partial charge on any atom is 0.184 e. The van der Waals surface area contributed by atoms with E-state index in [1.54, 1.807) is 17.5 Å². The third-order valence-electron chi connectivity index (χ3n) is 7.16. The number of rotatable bonds is 6. The molecule has 1 aliphatic carbocycles. The van der Waals surface area contributed by atoms with Crippen molar-refractivity contribution in [2.75, 3.05) is 23.3 Å². The highest BCUT2D eigenvalue weighted by Gasteiger charge is 2.24. The summed E-state index contributed by atoms with van der Waals surface area (Å²) >= 11 is 1.57. The number of hydrogen-bond donors (Lipinski definition) is 2. The molecule has 3 aromatic heterocycles. The minimum Gasteiger partial charge on any atom is -0.457 e. The van der Waals surface area contributed by atoms with Crippen LogP contribution in [0.4, 0.5) is 15.3 Å². The van der Waals surface area contributed by atoms with E-state index in [-0.39, 0.29) is 12.1 Å². The summed E-state index contributed by atoms with van der Waals surface area (Å²) < 4.78 is 20.6. The van der Waals surface area contributed by atoms with E-state index in [4.69, 9.17) is 4.74 Å². The van der Waals surface area contributed by atoms with Gasteiger partial charge in [-0.1, -0.05) is 24.2 Å². The molecular weight excluding hydrogens is 489 g/mol. The van der Waals surface area contributed by atoms with Crippen molar-refractivity contribution >= 4 is 32.5 Å². The van der Waals surface area contributed by atoms with Gasteiger partial charge in [-0.05, 0) is 56.0 Å². The van der Waals surface area contributed by atoms with Crippen molar-refractivity contribution in [3.63, 3.8) is 0 Å². The van der Waals surface area contributed by atoms with E-state index < -0.39 is 6.17 Å². The molecule has 1 saturated carbocycles. The van der Waals surface area contributed by atoms with Crippen molar-refractivity contribution in [2.24, 2.45) is 0 Å². The van der Waals surface area contributed by atoms with Gasteiger partial charge < -0.3 is 20.1 Å². The number of anilines is 2. The zero-order valence-electron chi connectivity index (χ0n) is 20.5. The quantitative estimate of drug-likeness (QED) is 0.314. The first kappa shape index (κ1) is 24.1. The molecule has 37 heavy (non-hydrogen) atoms. The third-order valence-corrected chi connectivity index (χ3v) is 8.11. The average Bonchev–Trinajstić information content (AvgIpc) is 3.32. The molecule has 0 amide bonds. The zero-order valence-corrected chi connectivity index (χ0v) is 21.3. The second kappa shape index (κ2) is 10.6. The van der Waals surface area contributed by atoms with Crippen LogP contribution >= 0.6 is 11.3 Å². The highest BCUT2D eigenvalue weighted by Crippen LogP contribution is 2.33. The Labute approximate surface area is 219 Å². The summed E-state index contributed by atoms with van der Waals surface area (Å²) in [4.78, 5) is 15.9. The fourth-order valence-corrected chi connectivity index (χ4v) is 5.99. The summed E-state index contributed by atoms with van der Waals surface area (Å²) in [6.07, 6.45) is 7.65. The lowest BCUT2D eigenvalue weighted by molar-refractivity contribution is 0.116. The summed E-state index contributed by atoms with van der Waals surface area (Å²) in [5, 5.41) is 14.5. The third kappa shape index (κ3) is 5.52. The maximum atomic E-state index is 13.4. The van der Waals surface area contributed by atoms with Crippen LogP contribution < -0.4 is 15.0 Å². The molecule has 0 spiro atoms. The molecule has 0 radical (unpaired) electrons. The molecule has 1 aromatic carbocycles. The van der Waals surface area contributed by atoms with Crippen molar-refractivity contribution in [3.05, 3.63) is 54.9 Å². The largest absolute Gasteiger partial charge is 0.457 e. The first-order valence-electron chi connectivity index (χ1n) is 13.0. The number of hydrogen-bond acceptors (Lipinski definition) is 8. The van der Waals surface area contributed by atoms with E-state index >= 15 is 0 Å². The van der Waals surface area contributed by atoms with Gasteiger partial charge in [0.25, 0.3) is 0 Å². The van der Waals surface area contributed by atoms with E-state index in [1.807, 2.05) is 48.7 Å². The molecule has 6 rings (SSSR count). The highest BCUT2D eigenvalue weighted by molar-refractivity contribution is 7.22. The number of alkyl halides is 1. The summed E-state index contributed by atoms with van der Waals surface area (Å²) in [5.74, 6) is 2.28. The van der Waals surface area contributed by atoms with Gasteiger partial charge in [-0.25, -0.2) is 14.4 Å². The summed E-state index contributed by atoms with van der Waals surface area (Å²) in [6, 6.07) is 13.6. The van der Waals surface area contributed by atoms with Crippen LogP contribution in [-0.2, 0) is 0 Å². The number of thiazole rings is 1. The number of aromatic nitrogens is 3. The van der Waals surface area contributed by atoms with Gasteiger partial charge in [0.05, 0.1) is 28.1 Å². The minimum atomic E-state index is -0.700. The van der Waals surface area contributed by atoms with Crippen molar-refractivity contribution in [2.45, 2.75) is 56.8 Å². The van der Waals surface area contributed by atoms with Crippen LogP contribution in [0.25, 0.3) is 21.5 Å². The van der Waals surface area contributed by atoms with Gasteiger partial charge in [-0.15, -0.1) is 0 Å². The van der Waals surface area contributed by atoms with Gasteiger partial charge >= 0.3 is 0 Å². The number of halogens is 1. The summed E-state index contributed by atoms with van der Waals surface area (Å²) in [6.45, 7) is 1.39. The zero-order chi connectivity index (χ0) is 25.2. The van der Waals surface area contributed by atoms with E-state index in [9.17, 15) is 9.50 Å². The summed E-state index contributed by atoms with van der Waals surface area (Å²) in [5.41, 5.74) is 2.57. The number of pyridine rings is 2. The van der Waals surface area contributed by atoms with Crippen molar-refractivity contribution in [1.82, 2.24) is 15.0 Å². The molecule has 4 heterocycles. The lowest BCUT2D eigenvalue weighted by atomic mass is 9.93. The Hall–Kier alpha value is -3.30. The number of piperidine rings is 1. The Bertz CT molecular complexity index is 1360. The Morgan fingerprint density at radius 2 is 1.81 bits per heavy atom. The van der Waals surface area contributed by atoms with Crippen LogP contribution in [0.15, 0.2) is 54.9 Å². The number of aliphatic hydroxyl groups is 1. The second-order valence-electron chi connectivity index (χ2n) is 9.80. The van der Waals surface area contributed by atoms with E-state index in [0.717, 1.165) is 63.9 Å². The normalized spacial score (nSPS) is 20.8. The predicted molar refractivity (Wildman–Crippen MR) is 145 cm³/mol. The molecular formula is C28H30FN5O2S. The van der Waals surface area contributed by atoms with Gasteiger partial charge in [-0.2, -0.15) is 0 Å². The molecule has 7 nitrogen and oxygen atoms in total. The first-order valence-corrected chi connectivity index (χ1v) is 13.8. The van der Waals surface area contributed by atoms with Gasteiger partial charge in [0, 0.05) is 43.2 Å². The lowest BCUT2D eigenvalue weighted by Gasteiger charge is -2.29. The minimum absolute atomic E-state index is 0.0613. The molecule has 1 saturated heterocycles. The van der Waals surface area contributed by atoms with Crippen molar-refractivity contribution < 1.29 is 14.2 Å². The molecule has 1 aliphatic heterocycles. The smallest absolute Gasteiger partial charge is 0.184 e. The molecule has 0 unspecified atom stereocenters. The highest BCUT2D eigenvalue weighted by atomic mass is 32.1. The predicted octanol–water partition coefficient (Wildman–Crippen LogP) is 6.20. The monoisotopic (exact) mass is 519 g/mol. The second-order valence-corrected chi connectivity index (χ2v) is 10.8. The Morgan fingerprint density at radius 3 is 2.62 bits per heavy atom. The lowest BCUT2D eigenvalue weighted by Crippen LogP contribution is -2.36. The number of fused-ring (bicyclic) bond motifs is 1. The summed E-state index contributed by atoms with van der Waals surface area (Å²) in [7, 11) is 0. The van der Waals surface area contributed by atoms with Gasteiger partial charge in [0.1, 0.15) is 23.5 Å². The number of aliphatic hydroxyl groups excluding tert-OH is 1. The van der Waals surface area contributed by atoms with Gasteiger partial charge in [-0.3, -0.25) is 4.98 Å². The number of ether oxygens (including phenoxy) is 1. The van der Waals surface area contributed by atoms with Crippen LogP contribution in [0.1, 0.15) is 38.5 Å². The van der Waals surface area contributed by atoms with Gasteiger partial charge in [0.15, 0.2) is 5.13 Å². The molecule has 192 valence electrons. The van der Waals surface area contributed by atoms with Crippen LogP contribution in [0, 0.1) is 0 Å². The number of nitrogens with zero attached hydrogens (tertiary/aromatic N) is 4. The van der Waals surface area contributed by atoms with Crippen LogP contribution in [-0.4, -0.2) is 51.5 Å². The Balaban J connectivity index is 1.14. The fourth-order valence-electron chi connectivity index (χ4n) is 5.04. The van der Waals surface area contributed by atoms with Crippen LogP contribution in [0.5, 0.6) is 11.5 Å². The fraction of sp³-hybridized carbons (Fsp3) is 0.393. The Morgan fingerprint density at radius 1 is 0.973 bits per heavy atom. The van der Waals surface area contributed by atoms with Gasteiger partial charge in [0.2, 0.25) is 0 Å². The number of nitrogens with one attached hydrogen (secondary N) is 1. The molecule has 2 N–H and O–H groups in total. The van der Waals surface area contributed by atoms with E-state index in [0.29, 0.717) is 31.7 Å². The van der Waals surface area contributed by atoms with Crippen LogP contribution in [0.2, 0.25) is 0 Å². The van der Waals surface area contributed by atoms with E-state index in [2.05, 4.69) is 25.2 Å². The molecule has 2 fully saturated rings. The van der Waals surface area contributed by atoms with Crippen molar-refractivity contribution in [3.8, 4) is 22.8 Å². The van der Waals surface area contributed by atoms with Crippen molar-refractivity contribution in [1.29, 1.82) is 0 Å². The molecule has 9 heteroatoms. The average molecular weight is 520 g/mol. The SMILES string of the molecule is O[C@@H]1CCCC[C@H]1Nc1nc2ccc(Oc3ccnc(-c4ccc(N5CCC(F)CC5)nc4)c3)cc2s1. The first-order chi connectivity index (χ1) is 18.1. The van der Waals surface area contributed by atoms with E-state index in [1.165, 1.54) is 0 Å². The topological polar surface area (TPSA) is 83.4 Å². The molecule has 2 atom stereocenters. The molecule has 4 aromatic rings. The molecule has 0 bridgehead atoms. The molecule has 2 aliphatic rings.